The molecule has 7 nitrogen and oxygen atoms in total. The Balaban J connectivity index is 1.69. The number of nitrogens with one attached hydrogen (secondary N) is 1. The van der Waals surface area contributed by atoms with Gasteiger partial charge in [0.15, 0.2) is 6.04 Å². The van der Waals surface area contributed by atoms with E-state index in [0.717, 1.165) is 6.54 Å². The summed E-state index contributed by atoms with van der Waals surface area (Å²) in [6, 6.07) is 14.6. The molecule has 1 aromatic heterocycles. The first-order chi connectivity index (χ1) is 13.0. The predicted molar refractivity (Wildman–Crippen MR) is 104 cm³/mol. The average Bonchev–Trinajstić information content (AvgIpc) is 3.18. The second kappa shape index (κ2) is 8.32. The maximum atomic E-state index is 10.8. The maximum Gasteiger partial charge on any atom is 0.274 e. The molecule has 1 unspecified atom stereocenters. The van der Waals surface area contributed by atoms with E-state index in [9.17, 15) is 10.1 Å². The first-order valence-electron chi connectivity index (χ1n) is 8.51. The van der Waals surface area contributed by atoms with Crippen molar-refractivity contribution in [2.24, 2.45) is 0 Å². The van der Waals surface area contributed by atoms with Gasteiger partial charge in [-0.05, 0) is 37.4 Å². The zero-order chi connectivity index (χ0) is 19.4. The Kier molecular flexibility index (Phi) is 5.88. The van der Waals surface area contributed by atoms with Crippen LogP contribution in [0, 0.1) is 10.1 Å². The highest BCUT2D eigenvalue weighted by Crippen LogP contribution is 2.22. The van der Waals surface area contributed by atoms with Gasteiger partial charge in [0.1, 0.15) is 6.54 Å². The number of rotatable bonds is 7. The molecule has 0 spiro atoms. The smallest absolute Gasteiger partial charge is 0.274 e. The molecule has 0 amide bonds. The fourth-order valence-electron chi connectivity index (χ4n) is 2.68. The third-order valence-electron chi connectivity index (χ3n) is 4.52. The molecule has 0 radical (unpaired) electrons. The lowest BCUT2D eigenvalue weighted by Gasteiger charge is -2.19. The molecule has 0 bridgehead atoms. The van der Waals surface area contributed by atoms with Gasteiger partial charge < -0.3 is 9.32 Å². The van der Waals surface area contributed by atoms with Gasteiger partial charge in [-0.2, -0.15) is 0 Å². The number of thioether (sulfide) groups is 1. The Bertz CT molecular complexity index is 909. The highest BCUT2D eigenvalue weighted by molar-refractivity contribution is 7.98. The average molecular weight is 385 g/mol. The summed E-state index contributed by atoms with van der Waals surface area (Å²) in [7, 11) is 2.09. The molecule has 3 rings (SSSR count). The molecule has 0 aliphatic heterocycles. The maximum absolute atomic E-state index is 10.8. The van der Waals surface area contributed by atoms with Gasteiger partial charge in [0.2, 0.25) is 5.89 Å². The van der Waals surface area contributed by atoms with Crippen molar-refractivity contribution in [3.05, 3.63) is 70.1 Å². The second-order valence-corrected chi connectivity index (χ2v) is 7.22. The molecule has 1 N–H and O–H groups in total. The topological polar surface area (TPSA) is 86.5 Å². The minimum atomic E-state index is -0.435. The summed E-state index contributed by atoms with van der Waals surface area (Å²) in [4.78, 5) is 12.8. The van der Waals surface area contributed by atoms with Crippen LogP contribution in [0.25, 0.3) is 11.5 Å². The Morgan fingerprint density at radius 2 is 1.81 bits per heavy atom. The first-order valence-corrected chi connectivity index (χ1v) is 9.74. The largest absolute Gasteiger partial charge is 0.415 e. The zero-order valence-corrected chi connectivity index (χ0v) is 16.2. The van der Waals surface area contributed by atoms with Crippen molar-refractivity contribution in [2.45, 2.75) is 24.4 Å². The van der Waals surface area contributed by atoms with Crippen LogP contribution in [0.1, 0.15) is 24.4 Å². The van der Waals surface area contributed by atoms with Crippen molar-refractivity contribution in [1.82, 2.24) is 10.2 Å². The number of nitro groups is 1. The Morgan fingerprint density at radius 1 is 1.15 bits per heavy atom. The molecule has 0 saturated carbocycles. The van der Waals surface area contributed by atoms with E-state index in [4.69, 9.17) is 4.42 Å². The van der Waals surface area contributed by atoms with Crippen LogP contribution in [0.5, 0.6) is 0 Å². The lowest BCUT2D eigenvalue weighted by atomic mass is 10.2. The molecule has 0 saturated heterocycles. The summed E-state index contributed by atoms with van der Waals surface area (Å²) in [5, 5.41) is 19.0. The minimum Gasteiger partial charge on any atom is -0.415 e. The monoisotopic (exact) mass is 385 g/mol. The number of nitro benzene ring substituents is 1. The van der Waals surface area contributed by atoms with E-state index in [1.165, 1.54) is 27.5 Å². The van der Waals surface area contributed by atoms with Gasteiger partial charge in [0, 0.05) is 28.2 Å². The van der Waals surface area contributed by atoms with E-state index in [1.54, 1.807) is 23.9 Å². The summed E-state index contributed by atoms with van der Waals surface area (Å²) >= 11 is 1.73. The van der Waals surface area contributed by atoms with Crippen molar-refractivity contribution in [1.29, 1.82) is 0 Å². The highest BCUT2D eigenvalue weighted by atomic mass is 32.2. The van der Waals surface area contributed by atoms with Crippen LogP contribution in [0.3, 0.4) is 0 Å². The highest BCUT2D eigenvalue weighted by Gasteiger charge is 2.23. The summed E-state index contributed by atoms with van der Waals surface area (Å²) < 4.78 is 5.81. The molecule has 2 atom stereocenters. The van der Waals surface area contributed by atoms with E-state index in [0.29, 0.717) is 17.3 Å². The van der Waals surface area contributed by atoms with Gasteiger partial charge in [0.25, 0.3) is 11.6 Å². The Hall–Kier alpha value is -2.71. The van der Waals surface area contributed by atoms with E-state index >= 15 is 0 Å². The van der Waals surface area contributed by atoms with Gasteiger partial charge in [0.05, 0.1) is 12.0 Å². The number of nitrogens with zero attached hydrogens (tertiary/aromatic N) is 3. The summed E-state index contributed by atoms with van der Waals surface area (Å²) in [5.74, 6) is 0.908. The molecule has 3 aromatic rings. The van der Waals surface area contributed by atoms with Crippen LogP contribution in [0.15, 0.2) is 57.8 Å². The van der Waals surface area contributed by atoms with Crippen molar-refractivity contribution in [3.63, 3.8) is 0 Å². The SMILES string of the molecule is CSc1ccc(C[NH+](C)[C@H](C)c2nnc(-c3ccc([N+](=O)[O-])cc3)o2)cc1. The van der Waals surface area contributed by atoms with Gasteiger partial charge in [-0.1, -0.05) is 12.1 Å². The van der Waals surface area contributed by atoms with Gasteiger partial charge in [-0.3, -0.25) is 10.1 Å². The second-order valence-electron chi connectivity index (χ2n) is 6.34. The summed E-state index contributed by atoms with van der Waals surface area (Å²) in [6.07, 6.45) is 2.06. The van der Waals surface area contributed by atoms with Crippen molar-refractivity contribution >= 4 is 17.4 Å². The van der Waals surface area contributed by atoms with Crippen LogP contribution >= 0.6 is 11.8 Å². The van der Waals surface area contributed by atoms with Crippen LogP contribution in [-0.2, 0) is 6.54 Å². The van der Waals surface area contributed by atoms with E-state index in [2.05, 4.69) is 47.8 Å². The Labute approximate surface area is 161 Å². The molecular weight excluding hydrogens is 364 g/mol. The van der Waals surface area contributed by atoms with Crippen molar-refractivity contribution in [3.8, 4) is 11.5 Å². The van der Waals surface area contributed by atoms with Gasteiger partial charge in [-0.25, -0.2) is 0 Å². The standard InChI is InChI=1S/C19H20N4O3S/c1-13(22(2)12-14-4-10-17(27-3)11-5-14)18-20-21-19(26-18)15-6-8-16(9-7-15)23(24)25/h4-11,13H,12H2,1-3H3/p+1/t13-/m1/s1. The number of quaternary nitrogens is 1. The third kappa shape index (κ3) is 4.53. The van der Waals surface area contributed by atoms with E-state index < -0.39 is 4.92 Å². The molecule has 0 aliphatic rings. The van der Waals surface area contributed by atoms with Gasteiger partial charge in [-0.15, -0.1) is 22.0 Å². The molecule has 8 heteroatoms. The molecule has 1 heterocycles. The molecule has 140 valence electrons. The summed E-state index contributed by atoms with van der Waals surface area (Å²) in [5.41, 5.74) is 1.94. The third-order valence-corrected chi connectivity index (χ3v) is 5.26. The quantitative estimate of drug-likeness (QED) is 0.382. The zero-order valence-electron chi connectivity index (χ0n) is 15.4. The number of non-ortho nitro benzene ring substituents is 1. The van der Waals surface area contributed by atoms with Gasteiger partial charge >= 0.3 is 0 Å². The first kappa shape index (κ1) is 19.1. The van der Waals surface area contributed by atoms with Crippen molar-refractivity contribution < 1.29 is 14.2 Å². The van der Waals surface area contributed by atoms with Crippen molar-refractivity contribution in [2.75, 3.05) is 13.3 Å². The van der Waals surface area contributed by atoms with Crippen LogP contribution in [-0.4, -0.2) is 28.4 Å². The summed E-state index contributed by atoms with van der Waals surface area (Å²) in [6.45, 7) is 2.88. The van der Waals surface area contributed by atoms with Crippen LogP contribution in [0.2, 0.25) is 0 Å². The molecule has 0 aliphatic carbocycles. The number of benzene rings is 2. The molecular formula is C19H21N4O3S+. The fraction of sp³-hybridized carbons (Fsp3) is 0.263. The Morgan fingerprint density at radius 3 is 2.41 bits per heavy atom. The number of hydrogen-bond donors (Lipinski definition) is 1. The fourth-order valence-corrected chi connectivity index (χ4v) is 3.09. The minimum absolute atomic E-state index is 0.0181. The number of aromatic nitrogens is 2. The molecule has 27 heavy (non-hydrogen) atoms. The van der Waals surface area contributed by atoms with Crippen LogP contribution in [0.4, 0.5) is 5.69 Å². The van der Waals surface area contributed by atoms with Crippen LogP contribution < -0.4 is 4.90 Å². The van der Waals surface area contributed by atoms with E-state index in [-0.39, 0.29) is 11.7 Å². The van der Waals surface area contributed by atoms with E-state index in [1.807, 2.05) is 6.92 Å². The predicted octanol–water partition coefficient (Wildman–Crippen LogP) is 3.14. The lowest BCUT2D eigenvalue weighted by molar-refractivity contribution is -0.925. The lowest BCUT2D eigenvalue weighted by Crippen LogP contribution is -3.07. The molecule has 0 fully saturated rings. The normalized spacial score (nSPS) is 13.3. The number of hydrogen-bond acceptors (Lipinski definition) is 6. The molecule has 2 aromatic carbocycles.